The third-order valence-electron chi connectivity index (χ3n) is 4.37. The lowest BCUT2D eigenvalue weighted by Gasteiger charge is -2.23. The highest BCUT2D eigenvalue weighted by molar-refractivity contribution is 6.25. The van der Waals surface area contributed by atoms with Crippen LogP contribution in [0.4, 0.5) is 8.78 Å². The first-order valence-corrected chi connectivity index (χ1v) is 7.73. The van der Waals surface area contributed by atoms with Gasteiger partial charge < -0.3 is 19.1 Å². The minimum Gasteiger partial charge on any atom is -0.462 e. The molecule has 2 heterocycles. The topological polar surface area (TPSA) is 77.8 Å². The largest absolute Gasteiger partial charge is 0.462 e. The molecule has 0 bridgehead atoms. The van der Waals surface area contributed by atoms with Crippen molar-refractivity contribution in [3.05, 3.63) is 29.0 Å². The molecule has 134 valence electrons. The van der Waals surface area contributed by atoms with Crippen LogP contribution in [0.2, 0.25) is 0 Å². The number of carbonyl (C=O) groups is 2. The molecule has 0 fully saturated rings. The predicted molar refractivity (Wildman–Crippen MR) is 83.9 cm³/mol. The molecule has 1 aromatic heterocycles. The molecular formula is C16H14ClF2NO5. The van der Waals surface area contributed by atoms with Gasteiger partial charge in [0.2, 0.25) is 0 Å². The summed E-state index contributed by atoms with van der Waals surface area (Å²) in [6.07, 6.45) is 0. The van der Waals surface area contributed by atoms with E-state index in [1.54, 1.807) is 25.5 Å². The maximum absolute atomic E-state index is 13.7. The molecule has 2 aromatic rings. The summed E-state index contributed by atoms with van der Waals surface area (Å²) in [4.78, 5) is 24.0. The van der Waals surface area contributed by atoms with Crippen LogP contribution >= 0.6 is 11.6 Å². The number of ether oxygens (including phenoxy) is 2. The van der Waals surface area contributed by atoms with Gasteiger partial charge in [-0.15, -0.1) is 0 Å². The van der Waals surface area contributed by atoms with Crippen LogP contribution in [0.15, 0.2) is 12.1 Å². The summed E-state index contributed by atoms with van der Waals surface area (Å²) >= 11 is 4.96. The second kappa shape index (κ2) is 5.40. The average molecular weight is 374 g/mol. The van der Waals surface area contributed by atoms with E-state index >= 15 is 0 Å². The molecule has 1 aromatic carbocycles. The standard InChI is InChI=1S/C16H14ClF2NO5/c1-4-24-13(21)12-7(2)20(3)10-6-9-11(5-8(10)12)25-14(22)15(9,23)16(17,18)19/h5-6,23H,4H2,1-3H3/t15-/m1/s1. The van der Waals surface area contributed by atoms with Gasteiger partial charge >= 0.3 is 17.3 Å². The fourth-order valence-corrected chi connectivity index (χ4v) is 3.15. The summed E-state index contributed by atoms with van der Waals surface area (Å²) in [5, 5.41) is 6.29. The van der Waals surface area contributed by atoms with Gasteiger partial charge in [-0.3, -0.25) is 0 Å². The number of alkyl halides is 3. The Morgan fingerprint density at radius 1 is 1.48 bits per heavy atom. The molecule has 1 aliphatic heterocycles. The van der Waals surface area contributed by atoms with Crippen molar-refractivity contribution < 1.29 is 33.0 Å². The molecule has 25 heavy (non-hydrogen) atoms. The third-order valence-corrected chi connectivity index (χ3v) is 4.64. The van der Waals surface area contributed by atoms with Gasteiger partial charge in [0.15, 0.2) is 0 Å². The van der Waals surface area contributed by atoms with Crippen LogP contribution < -0.4 is 4.74 Å². The van der Waals surface area contributed by atoms with Crippen molar-refractivity contribution in [1.82, 2.24) is 4.57 Å². The highest BCUT2D eigenvalue weighted by Crippen LogP contribution is 2.50. The Bertz CT molecular complexity index is 918. The lowest BCUT2D eigenvalue weighted by atomic mass is 9.94. The van der Waals surface area contributed by atoms with Crippen LogP contribution in [0.5, 0.6) is 5.75 Å². The summed E-state index contributed by atoms with van der Waals surface area (Å²) in [7, 11) is 1.61. The Hall–Kier alpha value is -2.19. The van der Waals surface area contributed by atoms with Gasteiger partial charge in [0.05, 0.1) is 12.2 Å². The molecule has 0 saturated heterocycles. The van der Waals surface area contributed by atoms with Gasteiger partial charge in [0, 0.05) is 29.2 Å². The van der Waals surface area contributed by atoms with Gasteiger partial charge in [0.25, 0.3) is 5.60 Å². The fraction of sp³-hybridized carbons (Fsp3) is 0.375. The highest BCUT2D eigenvalue weighted by Gasteiger charge is 2.64. The molecule has 0 saturated carbocycles. The smallest absolute Gasteiger partial charge is 0.365 e. The number of benzene rings is 1. The molecule has 0 unspecified atom stereocenters. The molecule has 0 aliphatic carbocycles. The van der Waals surface area contributed by atoms with E-state index in [0.29, 0.717) is 16.6 Å². The van der Waals surface area contributed by atoms with E-state index in [1.807, 2.05) is 0 Å². The number of esters is 2. The van der Waals surface area contributed by atoms with E-state index in [0.717, 1.165) is 0 Å². The van der Waals surface area contributed by atoms with Crippen LogP contribution in [0.1, 0.15) is 28.5 Å². The van der Waals surface area contributed by atoms with Crippen LogP contribution in [0, 0.1) is 6.92 Å². The van der Waals surface area contributed by atoms with Crippen molar-refractivity contribution in [2.24, 2.45) is 7.05 Å². The summed E-state index contributed by atoms with van der Waals surface area (Å²) in [6, 6.07) is 2.42. The average Bonchev–Trinajstić information content (AvgIpc) is 2.91. The van der Waals surface area contributed by atoms with Crippen molar-refractivity contribution >= 4 is 34.4 Å². The normalized spacial score (nSPS) is 19.9. The zero-order valence-electron chi connectivity index (χ0n) is 13.5. The number of hydrogen-bond acceptors (Lipinski definition) is 5. The Morgan fingerprint density at radius 2 is 2.12 bits per heavy atom. The first-order chi connectivity index (χ1) is 11.5. The van der Waals surface area contributed by atoms with Crippen LogP contribution in [-0.2, 0) is 22.2 Å². The van der Waals surface area contributed by atoms with Crippen LogP contribution in [0.25, 0.3) is 10.9 Å². The number of fused-ring (bicyclic) bond motifs is 2. The molecule has 0 spiro atoms. The quantitative estimate of drug-likeness (QED) is 0.508. The van der Waals surface area contributed by atoms with Gasteiger partial charge in [-0.2, -0.15) is 8.78 Å². The van der Waals surface area contributed by atoms with E-state index in [9.17, 15) is 23.5 Å². The van der Waals surface area contributed by atoms with E-state index in [2.05, 4.69) is 0 Å². The minimum atomic E-state index is -4.27. The number of aryl methyl sites for hydroxylation is 1. The van der Waals surface area contributed by atoms with Crippen molar-refractivity contribution in [3.63, 3.8) is 0 Å². The first kappa shape index (κ1) is 17.6. The van der Waals surface area contributed by atoms with Gasteiger partial charge in [-0.05, 0) is 37.6 Å². The molecule has 9 heteroatoms. The molecule has 1 N–H and O–H groups in total. The predicted octanol–water partition coefficient (Wildman–Crippen LogP) is 2.60. The molecule has 0 radical (unpaired) electrons. The Labute approximate surface area is 145 Å². The molecule has 6 nitrogen and oxygen atoms in total. The summed E-state index contributed by atoms with van der Waals surface area (Å²) in [5.41, 5.74) is -2.66. The maximum Gasteiger partial charge on any atom is 0.365 e. The molecule has 3 rings (SSSR count). The van der Waals surface area contributed by atoms with Crippen molar-refractivity contribution in [3.8, 4) is 5.75 Å². The molecular weight excluding hydrogens is 360 g/mol. The molecule has 1 aliphatic rings. The summed E-state index contributed by atoms with van der Waals surface area (Å²) in [6.45, 7) is 3.47. The second-order valence-corrected chi connectivity index (χ2v) is 6.18. The second-order valence-electron chi connectivity index (χ2n) is 5.70. The minimum absolute atomic E-state index is 0.160. The van der Waals surface area contributed by atoms with Gasteiger partial charge in [0.1, 0.15) is 5.75 Å². The Kier molecular flexibility index (Phi) is 3.81. The number of hydrogen-bond donors (Lipinski definition) is 1. The highest BCUT2D eigenvalue weighted by atomic mass is 35.5. The Morgan fingerprint density at radius 3 is 2.68 bits per heavy atom. The third kappa shape index (κ3) is 2.24. The number of aliphatic hydroxyl groups is 1. The molecule has 1 atom stereocenters. The van der Waals surface area contributed by atoms with Crippen LogP contribution in [0.3, 0.4) is 0 Å². The van der Waals surface area contributed by atoms with Gasteiger partial charge in [-0.25, -0.2) is 9.59 Å². The van der Waals surface area contributed by atoms with E-state index < -0.39 is 28.5 Å². The zero-order valence-corrected chi connectivity index (χ0v) is 14.3. The molecule has 0 amide bonds. The van der Waals surface area contributed by atoms with Crippen LogP contribution in [-0.4, -0.2) is 33.6 Å². The lowest BCUT2D eigenvalue weighted by molar-refractivity contribution is -0.177. The number of halogens is 3. The number of aromatic nitrogens is 1. The lowest BCUT2D eigenvalue weighted by Crippen LogP contribution is -2.46. The fourth-order valence-electron chi connectivity index (χ4n) is 2.97. The van der Waals surface area contributed by atoms with Crippen molar-refractivity contribution in [1.29, 1.82) is 0 Å². The van der Waals surface area contributed by atoms with E-state index in [1.165, 1.54) is 12.1 Å². The number of carbonyl (C=O) groups excluding carboxylic acids is 2. The monoisotopic (exact) mass is 373 g/mol. The van der Waals surface area contributed by atoms with Crippen molar-refractivity contribution in [2.45, 2.75) is 24.8 Å². The SMILES string of the molecule is CCOC(=O)c1c(C)n(C)c2cc3c(cc12)OC(=O)[C@@]3(O)C(F)(F)Cl. The van der Waals surface area contributed by atoms with Gasteiger partial charge in [-0.1, -0.05) is 0 Å². The number of nitrogens with zero attached hydrogens (tertiary/aromatic N) is 1. The summed E-state index contributed by atoms with van der Waals surface area (Å²) in [5.74, 6) is -2.45. The zero-order chi connectivity index (χ0) is 18.7. The summed E-state index contributed by atoms with van der Waals surface area (Å²) < 4.78 is 38.7. The van der Waals surface area contributed by atoms with E-state index in [4.69, 9.17) is 21.1 Å². The Balaban J connectivity index is 2.32. The first-order valence-electron chi connectivity index (χ1n) is 7.36. The number of rotatable bonds is 3. The maximum atomic E-state index is 13.7. The van der Waals surface area contributed by atoms with E-state index in [-0.39, 0.29) is 17.9 Å². The van der Waals surface area contributed by atoms with Crippen molar-refractivity contribution in [2.75, 3.05) is 6.61 Å².